The summed E-state index contributed by atoms with van der Waals surface area (Å²) in [5, 5.41) is 3.76. The van der Waals surface area contributed by atoms with Crippen LogP contribution in [0.2, 0.25) is 0 Å². The molecule has 1 heterocycles. The number of hydrogen-bond acceptors (Lipinski definition) is 4. The van der Waals surface area contributed by atoms with Crippen LogP contribution in [0.1, 0.15) is 43.1 Å². The first-order valence-electron chi connectivity index (χ1n) is 6.11. The van der Waals surface area contributed by atoms with Crippen molar-refractivity contribution < 1.29 is 13.3 Å². The Bertz CT molecular complexity index is 536. The van der Waals surface area contributed by atoms with Gasteiger partial charge >= 0.3 is 0 Å². The predicted octanol–water partition coefficient (Wildman–Crippen LogP) is 2.74. The van der Waals surface area contributed by atoms with E-state index in [1.165, 1.54) is 12.1 Å². The molecule has 0 radical (unpaired) electrons. The molecule has 1 unspecified atom stereocenters. The van der Waals surface area contributed by atoms with Gasteiger partial charge < -0.3 is 10.3 Å². The van der Waals surface area contributed by atoms with E-state index in [2.05, 4.69) is 10.1 Å². The number of halogens is 2. The fourth-order valence-electron chi connectivity index (χ4n) is 1.82. The highest BCUT2D eigenvalue weighted by Gasteiger charge is 2.14. The summed E-state index contributed by atoms with van der Waals surface area (Å²) in [7, 11) is 0. The molecule has 1 aromatic heterocycles. The van der Waals surface area contributed by atoms with Crippen LogP contribution < -0.4 is 5.73 Å². The summed E-state index contributed by atoms with van der Waals surface area (Å²) in [6, 6.07) is 3.01. The minimum atomic E-state index is -0.624. The zero-order valence-electron chi connectivity index (χ0n) is 10.6. The Hall–Kier alpha value is -1.82. The monoisotopic (exact) mass is 267 g/mol. The Balaban J connectivity index is 2.11. The summed E-state index contributed by atoms with van der Waals surface area (Å²) < 4.78 is 31.1. The smallest absolute Gasteiger partial charge is 0.243 e. The van der Waals surface area contributed by atoms with Crippen LogP contribution in [-0.2, 0) is 6.42 Å². The number of rotatable bonds is 5. The molecule has 0 aliphatic carbocycles. The summed E-state index contributed by atoms with van der Waals surface area (Å²) in [6.07, 6.45) is 1.86. The molecule has 4 nitrogen and oxygen atoms in total. The molecule has 2 rings (SSSR count). The molecule has 0 fully saturated rings. The molecular formula is C13H15F2N3O. The molecule has 0 amide bonds. The van der Waals surface area contributed by atoms with Crippen LogP contribution >= 0.6 is 0 Å². The van der Waals surface area contributed by atoms with Crippen LogP contribution in [0.5, 0.6) is 0 Å². The minimum absolute atomic E-state index is 0.205. The van der Waals surface area contributed by atoms with Gasteiger partial charge in [0, 0.05) is 12.5 Å². The zero-order valence-corrected chi connectivity index (χ0v) is 10.6. The average Bonchev–Trinajstić information content (AvgIpc) is 2.76. The number of nitrogens with zero attached hydrogens (tertiary/aromatic N) is 2. The highest BCUT2D eigenvalue weighted by Crippen LogP contribution is 2.16. The summed E-state index contributed by atoms with van der Waals surface area (Å²) >= 11 is 0. The van der Waals surface area contributed by atoms with Crippen molar-refractivity contribution >= 4 is 0 Å². The molecule has 0 spiro atoms. The maximum atomic E-state index is 13.0. The molecule has 0 aliphatic rings. The fraction of sp³-hybridized carbons (Fsp3) is 0.385. The van der Waals surface area contributed by atoms with E-state index in [-0.39, 0.29) is 12.5 Å². The van der Waals surface area contributed by atoms with E-state index in [0.717, 1.165) is 18.9 Å². The van der Waals surface area contributed by atoms with E-state index in [1.807, 2.05) is 6.92 Å². The Morgan fingerprint density at radius 3 is 2.58 bits per heavy atom. The van der Waals surface area contributed by atoms with E-state index < -0.39 is 11.6 Å². The Morgan fingerprint density at radius 1 is 1.26 bits per heavy atom. The maximum Gasteiger partial charge on any atom is 0.243 e. The minimum Gasteiger partial charge on any atom is -0.338 e. The zero-order chi connectivity index (χ0) is 13.8. The molecule has 2 aromatic rings. The van der Waals surface area contributed by atoms with Crippen LogP contribution in [0.4, 0.5) is 8.78 Å². The lowest BCUT2D eigenvalue weighted by molar-refractivity contribution is 0.345. The first-order chi connectivity index (χ1) is 9.08. The molecule has 0 aliphatic heterocycles. The van der Waals surface area contributed by atoms with E-state index in [4.69, 9.17) is 10.3 Å². The average molecular weight is 267 g/mol. The highest BCUT2D eigenvalue weighted by molar-refractivity contribution is 5.21. The van der Waals surface area contributed by atoms with E-state index in [9.17, 15) is 8.78 Å². The topological polar surface area (TPSA) is 64.9 Å². The van der Waals surface area contributed by atoms with Crippen LogP contribution in [0, 0.1) is 11.6 Å². The summed E-state index contributed by atoms with van der Waals surface area (Å²) in [6.45, 7) is 2.01. The van der Waals surface area contributed by atoms with Crippen LogP contribution in [-0.4, -0.2) is 10.1 Å². The third-order valence-electron chi connectivity index (χ3n) is 2.69. The van der Waals surface area contributed by atoms with E-state index >= 15 is 0 Å². The second-order valence-electron chi connectivity index (χ2n) is 4.40. The second-order valence-corrected chi connectivity index (χ2v) is 4.40. The molecule has 1 atom stereocenters. The Morgan fingerprint density at radius 2 is 1.95 bits per heavy atom. The van der Waals surface area contributed by atoms with Gasteiger partial charge in [-0.1, -0.05) is 18.5 Å². The third kappa shape index (κ3) is 3.57. The molecule has 6 heteroatoms. The second kappa shape index (κ2) is 5.88. The van der Waals surface area contributed by atoms with Gasteiger partial charge in [-0.25, -0.2) is 8.78 Å². The molecule has 1 aromatic carbocycles. The van der Waals surface area contributed by atoms with Gasteiger partial charge in [-0.3, -0.25) is 0 Å². The largest absolute Gasteiger partial charge is 0.338 e. The predicted molar refractivity (Wildman–Crippen MR) is 65.3 cm³/mol. The quantitative estimate of drug-likeness (QED) is 0.904. The van der Waals surface area contributed by atoms with Gasteiger partial charge in [-0.2, -0.15) is 4.98 Å². The van der Waals surface area contributed by atoms with Crippen molar-refractivity contribution in [2.45, 2.75) is 32.2 Å². The standard InChI is InChI=1S/C13H15F2N3O/c1-2-3-11(16)13-17-12(18-19-13)6-8-4-9(14)7-10(15)5-8/h4-5,7,11H,2-3,6,16H2,1H3. The van der Waals surface area contributed by atoms with Gasteiger partial charge in [0.25, 0.3) is 0 Å². The van der Waals surface area contributed by atoms with Crippen LogP contribution in [0.3, 0.4) is 0 Å². The van der Waals surface area contributed by atoms with Gasteiger partial charge in [-0.15, -0.1) is 0 Å². The van der Waals surface area contributed by atoms with Crippen molar-refractivity contribution in [3.05, 3.63) is 47.1 Å². The molecule has 102 valence electrons. The molecule has 2 N–H and O–H groups in total. The number of nitrogens with two attached hydrogens (primary N) is 1. The van der Waals surface area contributed by atoms with Gasteiger partial charge in [0.05, 0.1) is 6.04 Å². The van der Waals surface area contributed by atoms with E-state index in [0.29, 0.717) is 17.3 Å². The van der Waals surface area contributed by atoms with Crippen LogP contribution in [0.15, 0.2) is 22.7 Å². The van der Waals surface area contributed by atoms with Crippen LogP contribution in [0.25, 0.3) is 0 Å². The van der Waals surface area contributed by atoms with Gasteiger partial charge in [-0.05, 0) is 24.1 Å². The normalized spacial score (nSPS) is 12.6. The van der Waals surface area contributed by atoms with Crippen molar-refractivity contribution in [1.82, 2.24) is 10.1 Å². The lowest BCUT2D eigenvalue weighted by Crippen LogP contribution is -2.10. The van der Waals surface area contributed by atoms with Crippen molar-refractivity contribution in [3.8, 4) is 0 Å². The molecule has 0 bridgehead atoms. The maximum absolute atomic E-state index is 13.0. The van der Waals surface area contributed by atoms with E-state index in [1.54, 1.807) is 0 Å². The SMILES string of the molecule is CCCC(N)c1nc(Cc2cc(F)cc(F)c2)no1. The van der Waals surface area contributed by atoms with Gasteiger partial charge in [0.1, 0.15) is 11.6 Å². The van der Waals surface area contributed by atoms with Crippen molar-refractivity contribution in [1.29, 1.82) is 0 Å². The summed E-state index contributed by atoms with van der Waals surface area (Å²) in [5.41, 5.74) is 6.30. The molecule has 0 saturated carbocycles. The Kier molecular flexibility index (Phi) is 4.21. The van der Waals surface area contributed by atoms with Crippen molar-refractivity contribution in [2.75, 3.05) is 0 Å². The lowest BCUT2D eigenvalue weighted by atomic mass is 10.1. The fourth-order valence-corrected chi connectivity index (χ4v) is 1.82. The van der Waals surface area contributed by atoms with Crippen molar-refractivity contribution in [3.63, 3.8) is 0 Å². The first kappa shape index (κ1) is 13.6. The molecule has 0 saturated heterocycles. The number of benzene rings is 1. The first-order valence-corrected chi connectivity index (χ1v) is 6.11. The van der Waals surface area contributed by atoms with Gasteiger partial charge in [0.15, 0.2) is 5.82 Å². The number of aromatic nitrogens is 2. The van der Waals surface area contributed by atoms with Gasteiger partial charge in [0.2, 0.25) is 5.89 Å². The summed E-state index contributed by atoms with van der Waals surface area (Å²) in [5.74, 6) is -0.525. The molecule has 19 heavy (non-hydrogen) atoms. The third-order valence-corrected chi connectivity index (χ3v) is 2.69. The lowest BCUT2D eigenvalue weighted by Gasteiger charge is -2.02. The number of hydrogen-bond donors (Lipinski definition) is 1. The highest BCUT2D eigenvalue weighted by atomic mass is 19.1. The molecular weight excluding hydrogens is 252 g/mol. The Labute approximate surface area is 109 Å². The summed E-state index contributed by atoms with van der Waals surface area (Å²) in [4.78, 5) is 4.14. The van der Waals surface area contributed by atoms with Crippen molar-refractivity contribution in [2.24, 2.45) is 5.73 Å².